The highest BCUT2D eigenvalue weighted by molar-refractivity contribution is 5.51. The van der Waals surface area contributed by atoms with Gasteiger partial charge in [-0.3, -0.25) is 4.79 Å². The molecule has 0 fully saturated rings. The molecule has 0 saturated heterocycles. The van der Waals surface area contributed by atoms with Crippen LogP contribution in [0.1, 0.15) is 11.3 Å². The van der Waals surface area contributed by atoms with E-state index in [1.165, 1.54) is 6.07 Å². The van der Waals surface area contributed by atoms with E-state index < -0.39 is 0 Å². The Hall–Kier alpha value is -1.88. The van der Waals surface area contributed by atoms with Crippen molar-refractivity contribution in [3.63, 3.8) is 0 Å². The van der Waals surface area contributed by atoms with Gasteiger partial charge in [-0.05, 0) is 25.1 Å². The summed E-state index contributed by atoms with van der Waals surface area (Å²) in [6.07, 6.45) is 2.15. The van der Waals surface area contributed by atoms with Crippen LogP contribution in [0.2, 0.25) is 0 Å². The molecule has 5 nitrogen and oxygen atoms in total. The van der Waals surface area contributed by atoms with E-state index in [0.717, 1.165) is 5.56 Å². The van der Waals surface area contributed by atoms with Gasteiger partial charge in [-0.2, -0.15) is 0 Å². The van der Waals surface area contributed by atoms with E-state index >= 15 is 0 Å². The van der Waals surface area contributed by atoms with Crippen LogP contribution >= 0.6 is 0 Å². The Morgan fingerprint density at radius 1 is 1.56 bits per heavy atom. The molecule has 0 bridgehead atoms. The standard InChI is InChI=1S/C11H13N3O2/c1-7-3-5-16-10(7)11-13-8(2-4-12)6-9(15)14-11/h3,5-6H,2,4,12H2,1H3,(H,13,14,15). The van der Waals surface area contributed by atoms with Gasteiger partial charge in [-0.1, -0.05) is 0 Å². The van der Waals surface area contributed by atoms with Gasteiger partial charge in [-0.25, -0.2) is 4.98 Å². The van der Waals surface area contributed by atoms with Gasteiger partial charge in [0.25, 0.3) is 5.56 Å². The Bertz CT molecular complexity index is 542. The summed E-state index contributed by atoms with van der Waals surface area (Å²) in [5, 5.41) is 0. The van der Waals surface area contributed by atoms with E-state index in [4.69, 9.17) is 10.2 Å². The number of nitrogens with zero attached hydrogens (tertiary/aromatic N) is 1. The lowest BCUT2D eigenvalue weighted by molar-refractivity contribution is 0.574. The number of furan rings is 1. The lowest BCUT2D eigenvalue weighted by Crippen LogP contribution is -2.13. The van der Waals surface area contributed by atoms with E-state index in [9.17, 15) is 4.79 Å². The molecule has 0 spiro atoms. The number of nitrogens with one attached hydrogen (secondary N) is 1. The second-order valence-electron chi connectivity index (χ2n) is 3.56. The summed E-state index contributed by atoms with van der Waals surface area (Å²) in [5.41, 5.74) is 6.86. The summed E-state index contributed by atoms with van der Waals surface area (Å²) in [6, 6.07) is 3.28. The van der Waals surface area contributed by atoms with Crippen LogP contribution in [0.4, 0.5) is 0 Å². The Balaban J connectivity index is 2.49. The zero-order chi connectivity index (χ0) is 11.5. The third kappa shape index (κ3) is 2.04. The number of aromatic nitrogens is 2. The first-order valence-corrected chi connectivity index (χ1v) is 5.05. The molecule has 5 heteroatoms. The Labute approximate surface area is 92.3 Å². The van der Waals surface area contributed by atoms with Gasteiger partial charge in [0.05, 0.1) is 6.26 Å². The van der Waals surface area contributed by atoms with Crippen molar-refractivity contribution in [2.75, 3.05) is 6.54 Å². The topological polar surface area (TPSA) is 84.9 Å². The SMILES string of the molecule is Cc1ccoc1-c1nc(CCN)cc(=O)[nH]1. The first kappa shape index (κ1) is 10.6. The van der Waals surface area contributed by atoms with Crippen molar-refractivity contribution in [2.24, 2.45) is 5.73 Å². The molecule has 0 aliphatic carbocycles. The zero-order valence-electron chi connectivity index (χ0n) is 8.99. The molecule has 3 N–H and O–H groups in total. The van der Waals surface area contributed by atoms with Gasteiger partial charge < -0.3 is 15.1 Å². The van der Waals surface area contributed by atoms with Crippen LogP contribution in [-0.4, -0.2) is 16.5 Å². The molecule has 2 heterocycles. The van der Waals surface area contributed by atoms with Crippen LogP contribution in [0.15, 0.2) is 27.6 Å². The monoisotopic (exact) mass is 219 g/mol. The van der Waals surface area contributed by atoms with Crippen LogP contribution in [0.5, 0.6) is 0 Å². The predicted molar refractivity (Wildman–Crippen MR) is 60.1 cm³/mol. The van der Waals surface area contributed by atoms with E-state index in [0.29, 0.717) is 30.2 Å². The highest BCUT2D eigenvalue weighted by Gasteiger charge is 2.09. The molecule has 0 aliphatic rings. The van der Waals surface area contributed by atoms with Crippen molar-refractivity contribution < 1.29 is 4.42 Å². The first-order valence-electron chi connectivity index (χ1n) is 5.05. The Morgan fingerprint density at radius 3 is 3.00 bits per heavy atom. The fraction of sp³-hybridized carbons (Fsp3) is 0.273. The normalized spacial score (nSPS) is 10.6. The van der Waals surface area contributed by atoms with Crippen molar-refractivity contribution >= 4 is 0 Å². The summed E-state index contributed by atoms with van der Waals surface area (Å²) in [4.78, 5) is 18.4. The molecule has 0 amide bonds. The average molecular weight is 219 g/mol. The molecule has 2 aromatic heterocycles. The third-order valence-electron chi connectivity index (χ3n) is 2.27. The van der Waals surface area contributed by atoms with E-state index in [1.54, 1.807) is 6.26 Å². The molecule has 2 rings (SSSR count). The molecular weight excluding hydrogens is 206 g/mol. The van der Waals surface area contributed by atoms with E-state index in [2.05, 4.69) is 9.97 Å². The minimum Gasteiger partial charge on any atom is -0.461 e. The van der Waals surface area contributed by atoms with Gasteiger partial charge >= 0.3 is 0 Å². The van der Waals surface area contributed by atoms with E-state index in [-0.39, 0.29) is 5.56 Å². The maximum Gasteiger partial charge on any atom is 0.251 e. The largest absolute Gasteiger partial charge is 0.461 e. The average Bonchev–Trinajstić information content (AvgIpc) is 2.64. The van der Waals surface area contributed by atoms with Crippen LogP contribution in [0, 0.1) is 6.92 Å². The van der Waals surface area contributed by atoms with E-state index in [1.807, 2.05) is 13.0 Å². The molecule has 0 saturated carbocycles. The highest BCUT2D eigenvalue weighted by atomic mass is 16.3. The minimum atomic E-state index is -0.191. The minimum absolute atomic E-state index is 0.191. The Morgan fingerprint density at radius 2 is 2.38 bits per heavy atom. The fourth-order valence-electron chi connectivity index (χ4n) is 1.51. The van der Waals surface area contributed by atoms with Crippen molar-refractivity contribution in [3.05, 3.63) is 40.0 Å². The fourth-order valence-corrected chi connectivity index (χ4v) is 1.51. The highest BCUT2D eigenvalue weighted by Crippen LogP contribution is 2.19. The maximum atomic E-state index is 11.4. The molecular formula is C11H13N3O2. The summed E-state index contributed by atoms with van der Waals surface area (Å²) in [6.45, 7) is 2.36. The number of rotatable bonds is 3. The van der Waals surface area contributed by atoms with Crippen LogP contribution in [0.25, 0.3) is 11.6 Å². The summed E-state index contributed by atoms with van der Waals surface area (Å²) in [7, 11) is 0. The third-order valence-corrected chi connectivity index (χ3v) is 2.27. The quantitative estimate of drug-likeness (QED) is 0.801. The number of hydrogen-bond donors (Lipinski definition) is 2. The predicted octanol–water partition coefficient (Wildman–Crippen LogP) is 0.840. The summed E-state index contributed by atoms with van der Waals surface area (Å²) < 4.78 is 5.27. The van der Waals surface area contributed by atoms with Gasteiger partial charge in [0.15, 0.2) is 11.6 Å². The van der Waals surface area contributed by atoms with Crippen LogP contribution in [-0.2, 0) is 6.42 Å². The second kappa shape index (κ2) is 4.32. The molecule has 0 aliphatic heterocycles. The number of H-pyrrole nitrogens is 1. The van der Waals surface area contributed by atoms with Gasteiger partial charge in [0.2, 0.25) is 0 Å². The lowest BCUT2D eigenvalue weighted by atomic mass is 10.2. The molecule has 0 aromatic carbocycles. The molecule has 16 heavy (non-hydrogen) atoms. The molecule has 0 atom stereocenters. The molecule has 84 valence electrons. The number of aryl methyl sites for hydroxylation is 1. The maximum absolute atomic E-state index is 11.4. The van der Waals surface area contributed by atoms with Crippen molar-refractivity contribution in [1.29, 1.82) is 0 Å². The molecule has 0 radical (unpaired) electrons. The van der Waals surface area contributed by atoms with Gasteiger partial charge in [0, 0.05) is 18.2 Å². The summed E-state index contributed by atoms with van der Waals surface area (Å²) >= 11 is 0. The van der Waals surface area contributed by atoms with Gasteiger partial charge in [0.1, 0.15) is 0 Å². The van der Waals surface area contributed by atoms with Crippen molar-refractivity contribution in [1.82, 2.24) is 9.97 Å². The first-order chi connectivity index (χ1) is 7.70. The number of aromatic amines is 1. The van der Waals surface area contributed by atoms with Gasteiger partial charge in [-0.15, -0.1) is 0 Å². The Kier molecular flexibility index (Phi) is 2.87. The second-order valence-corrected chi connectivity index (χ2v) is 3.56. The smallest absolute Gasteiger partial charge is 0.251 e. The molecule has 2 aromatic rings. The van der Waals surface area contributed by atoms with Crippen molar-refractivity contribution in [3.8, 4) is 11.6 Å². The molecule has 0 unspecified atom stereocenters. The zero-order valence-corrected chi connectivity index (χ0v) is 8.99. The van der Waals surface area contributed by atoms with Crippen LogP contribution < -0.4 is 11.3 Å². The lowest BCUT2D eigenvalue weighted by Gasteiger charge is -2.01. The van der Waals surface area contributed by atoms with Crippen molar-refractivity contribution in [2.45, 2.75) is 13.3 Å². The summed E-state index contributed by atoms with van der Waals surface area (Å²) in [5.74, 6) is 1.05. The van der Waals surface area contributed by atoms with Crippen LogP contribution in [0.3, 0.4) is 0 Å². The number of nitrogens with two attached hydrogens (primary N) is 1. The number of hydrogen-bond acceptors (Lipinski definition) is 4.